The van der Waals surface area contributed by atoms with E-state index in [9.17, 15) is 4.79 Å². The zero-order valence-corrected chi connectivity index (χ0v) is 9.22. The molecule has 0 unspecified atom stereocenters. The van der Waals surface area contributed by atoms with Crippen LogP contribution in [0.1, 0.15) is 11.8 Å². The minimum Gasteiger partial charge on any atom is -0.341 e. The molecule has 1 rings (SSSR count). The SMILES string of the molecule is CCN(CCN)C(=O)Cc1cccs1. The molecule has 1 aromatic heterocycles. The Labute approximate surface area is 88.5 Å². The molecule has 1 heterocycles. The van der Waals surface area contributed by atoms with Crippen molar-refractivity contribution in [1.82, 2.24) is 4.90 Å². The molecule has 3 nitrogen and oxygen atoms in total. The Morgan fingerprint density at radius 3 is 2.93 bits per heavy atom. The zero-order valence-electron chi connectivity index (χ0n) is 8.40. The lowest BCUT2D eigenvalue weighted by molar-refractivity contribution is -0.130. The first-order valence-electron chi connectivity index (χ1n) is 4.78. The topological polar surface area (TPSA) is 46.3 Å². The highest BCUT2D eigenvalue weighted by molar-refractivity contribution is 7.10. The maximum atomic E-state index is 11.7. The number of hydrogen-bond acceptors (Lipinski definition) is 3. The molecule has 0 saturated carbocycles. The summed E-state index contributed by atoms with van der Waals surface area (Å²) in [6.07, 6.45) is 0.505. The van der Waals surface area contributed by atoms with Gasteiger partial charge in [0.15, 0.2) is 0 Å². The minimum absolute atomic E-state index is 0.167. The van der Waals surface area contributed by atoms with Gasteiger partial charge in [-0.15, -0.1) is 11.3 Å². The summed E-state index contributed by atoms with van der Waals surface area (Å²) in [5.74, 6) is 0.167. The fourth-order valence-corrected chi connectivity index (χ4v) is 1.98. The van der Waals surface area contributed by atoms with Crippen molar-refractivity contribution in [1.29, 1.82) is 0 Å². The lowest BCUT2D eigenvalue weighted by atomic mass is 10.3. The monoisotopic (exact) mass is 212 g/mol. The van der Waals surface area contributed by atoms with Crippen LogP contribution >= 0.6 is 11.3 Å². The smallest absolute Gasteiger partial charge is 0.227 e. The normalized spacial score (nSPS) is 10.1. The van der Waals surface area contributed by atoms with E-state index in [1.807, 2.05) is 24.4 Å². The van der Waals surface area contributed by atoms with Gasteiger partial charge < -0.3 is 10.6 Å². The van der Waals surface area contributed by atoms with Crippen LogP contribution in [0, 0.1) is 0 Å². The summed E-state index contributed by atoms with van der Waals surface area (Å²) in [4.78, 5) is 14.6. The second kappa shape index (κ2) is 5.78. The second-order valence-corrected chi connectivity index (χ2v) is 4.05. The molecular formula is C10H16N2OS. The number of nitrogens with zero attached hydrogens (tertiary/aromatic N) is 1. The summed E-state index contributed by atoms with van der Waals surface area (Å²) < 4.78 is 0. The Bertz CT molecular complexity index is 272. The van der Waals surface area contributed by atoms with E-state index in [2.05, 4.69) is 0 Å². The number of likely N-dealkylation sites (N-methyl/N-ethyl adjacent to an activating group) is 1. The fourth-order valence-electron chi connectivity index (χ4n) is 1.29. The number of amides is 1. The van der Waals surface area contributed by atoms with Crippen LogP contribution in [0.5, 0.6) is 0 Å². The van der Waals surface area contributed by atoms with Crippen molar-refractivity contribution < 1.29 is 4.79 Å². The second-order valence-electron chi connectivity index (χ2n) is 3.02. The van der Waals surface area contributed by atoms with Crippen LogP contribution in [-0.4, -0.2) is 30.4 Å². The molecular weight excluding hydrogens is 196 g/mol. The molecule has 0 bridgehead atoms. The average molecular weight is 212 g/mol. The summed E-state index contributed by atoms with van der Waals surface area (Å²) in [7, 11) is 0. The van der Waals surface area contributed by atoms with Gasteiger partial charge >= 0.3 is 0 Å². The highest BCUT2D eigenvalue weighted by atomic mass is 32.1. The van der Waals surface area contributed by atoms with Gasteiger partial charge in [-0.3, -0.25) is 4.79 Å². The van der Waals surface area contributed by atoms with Crippen molar-refractivity contribution in [3.63, 3.8) is 0 Å². The van der Waals surface area contributed by atoms with E-state index in [1.165, 1.54) is 0 Å². The van der Waals surface area contributed by atoms with Gasteiger partial charge in [0.2, 0.25) is 5.91 Å². The van der Waals surface area contributed by atoms with Gasteiger partial charge in [0.1, 0.15) is 0 Å². The van der Waals surface area contributed by atoms with Gasteiger partial charge in [-0.05, 0) is 18.4 Å². The molecule has 14 heavy (non-hydrogen) atoms. The number of nitrogens with two attached hydrogens (primary N) is 1. The third-order valence-electron chi connectivity index (χ3n) is 2.04. The Morgan fingerprint density at radius 1 is 1.64 bits per heavy atom. The Hall–Kier alpha value is -0.870. The summed E-state index contributed by atoms with van der Waals surface area (Å²) in [5, 5.41) is 1.99. The molecule has 0 aliphatic carbocycles. The van der Waals surface area contributed by atoms with Crippen molar-refractivity contribution >= 4 is 17.2 Å². The minimum atomic E-state index is 0.167. The molecule has 0 aliphatic rings. The number of hydrogen-bond donors (Lipinski definition) is 1. The third-order valence-corrected chi connectivity index (χ3v) is 2.92. The van der Waals surface area contributed by atoms with E-state index in [-0.39, 0.29) is 5.91 Å². The van der Waals surface area contributed by atoms with Crippen LogP contribution < -0.4 is 5.73 Å². The summed E-state index contributed by atoms with van der Waals surface area (Å²) in [6, 6.07) is 3.95. The van der Waals surface area contributed by atoms with Gasteiger partial charge in [0.05, 0.1) is 6.42 Å². The number of rotatable bonds is 5. The Balaban J connectivity index is 2.47. The van der Waals surface area contributed by atoms with Gasteiger partial charge in [-0.25, -0.2) is 0 Å². The van der Waals surface area contributed by atoms with Gasteiger partial charge in [-0.1, -0.05) is 6.07 Å². The van der Waals surface area contributed by atoms with Crippen LogP contribution in [0.2, 0.25) is 0 Å². The molecule has 78 valence electrons. The predicted molar refractivity (Wildman–Crippen MR) is 59.3 cm³/mol. The third kappa shape index (κ3) is 3.12. The molecule has 0 saturated heterocycles. The lowest BCUT2D eigenvalue weighted by Gasteiger charge is -2.19. The summed E-state index contributed by atoms with van der Waals surface area (Å²) in [5.41, 5.74) is 5.42. The molecule has 2 N–H and O–H groups in total. The van der Waals surface area contributed by atoms with E-state index in [1.54, 1.807) is 16.2 Å². The first kappa shape index (κ1) is 11.2. The van der Waals surface area contributed by atoms with Gasteiger partial charge in [0.25, 0.3) is 0 Å². The molecule has 0 aliphatic heterocycles. The maximum absolute atomic E-state index is 11.7. The molecule has 0 atom stereocenters. The van der Waals surface area contributed by atoms with Crippen LogP contribution in [-0.2, 0) is 11.2 Å². The highest BCUT2D eigenvalue weighted by Crippen LogP contribution is 2.10. The van der Waals surface area contributed by atoms with Crippen molar-refractivity contribution in [3.05, 3.63) is 22.4 Å². The van der Waals surface area contributed by atoms with Gasteiger partial charge in [0, 0.05) is 24.5 Å². The average Bonchev–Trinajstić information content (AvgIpc) is 2.66. The largest absolute Gasteiger partial charge is 0.341 e. The van der Waals surface area contributed by atoms with Gasteiger partial charge in [-0.2, -0.15) is 0 Å². The van der Waals surface area contributed by atoms with E-state index in [4.69, 9.17) is 5.73 Å². The van der Waals surface area contributed by atoms with E-state index < -0.39 is 0 Å². The first-order valence-corrected chi connectivity index (χ1v) is 5.66. The Kier molecular flexibility index (Phi) is 4.62. The molecule has 4 heteroatoms. The predicted octanol–water partition coefficient (Wildman–Crippen LogP) is 1.10. The van der Waals surface area contributed by atoms with Crippen molar-refractivity contribution in [3.8, 4) is 0 Å². The zero-order chi connectivity index (χ0) is 10.4. The van der Waals surface area contributed by atoms with Crippen LogP contribution in [0.4, 0.5) is 0 Å². The van der Waals surface area contributed by atoms with Crippen LogP contribution in [0.25, 0.3) is 0 Å². The number of carbonyl (C=O) groups excluding carboxylic acids is 1. The van der Waals surface area contributed by atoms with Crippen molar-refractivity contribution in [2.75, 3.05) is 19.6 Å². The summed E-state index contributed by atoms with van der Waals surface area (Å²) >= 11 is 1.62. The maximum Gasteiger partial charge on any atom is 0.227 e. The number of thiophene rings is 1. The highest BCUT2D eigenvalue weighted by Gasteiger charge is 2.11. The Morgan fingerprint density at radius 2 is 2.43 bits per heavy atom. The van der Waals surface area contributed by atoms with Crippen molar-refractivity contribution in [2.45, 2.75) is 13.3 Å². The fraction of sp³-hybridized carbons (Fsp3) is 0.500. The molecule has 0 spiro atoms. The molecule has 1 aromatic rings. The number of carbonyl (C=O) groups is 1. The van der Waals surface area contributed by atoms with Crippen molar-refractivity contribution in [2.24, 2.45) is 5.73 Å². The van der Waals surface area contributed by atoms with E-state index in [0.29, 0.717) is 19.5 Å². The first-order chi connectivity index (χ1) is 6.77. The van der Waals surface area contributed by atoms with E-state index in [0.717, 1.165) is 11.4 Å². The van der Waals surface area contributed by atoms with Crippen LogP contribution in [0.15, 0.2) is 17.5 Å². The molecule has 1 amide bonds. The molecule has 0 aromatic carbocycles. The quantitative estimate of drug-likeness (QED) is 0.794. The lowest BCUT2D eigenvalue weighted by Crippen LogP contribution is -2.36. The van der Waals surface area contributed by atoms with E-state index >= 15 is 0 Å². The molecule has 0 radical (unpaired) electrons. The summed E-state index contributed by atoms with van der Waals surface area (Å²) in [6.45, 7) is 3.90. The van der Waals surface area contributed by atoms with Crippen LogP contribution in [0.3, 0.4) is 0 Å². The standard InChI is InChI=1S/C10H16N2OS/c1-2-12(6-5-11)10(13)8-9-4-3-7-14-9/h3-4,7H,2,5-6,8,11H2,1H3. The molecule has 0 fully saturated rings.